The number of nitrogens with two attached hydrogens (primary N) is 1. The van der Waals surface area contributed by atoms with Crippen LogP contribution in [0.15, 0.2) is 0 Å². The number of carboxylic acid groups (broad SMARTS) is 1. The van der Waals surface area contributed by atoms with Gasteiger partial charge >= 0.3 is 5.97 Å². The van der Waals surface area contributed by atoms with E-state index in [2.05, 4.69) is 4.90 Å². The summed E-state index contributed by atoms with van der Waals surface area (Å²) < 4.78 is 0. The van der Waals surface area contributed by atoms with Crippen LogP contribution >= 0.6 is 0 Å². The lowest BCUT2D eigenvalue weighted by atomic mass is 9.85. The highest BCUT2D eigenvalue weighted by Crippen LogP contribution is 2.26. The first-order valence-electron chi connectivity index (χ1n) is 5.26. The molecule has 0 aromatic carbocycles. The fourth-order valence-electron chi connectivity index (χ4n) is 1.69. The number of aliphatic carboxylic acids is 1. The predicted molar refractivity (Wildman–Crippen MR) is 55.1 cm³/mol. The topological polar surface area (TPSA) is 66.6 Å². The SMILES string of the molecule is CN(CCC(N)C(=O)O)CC1CCC1. The molecule has 0 heterocycles. The van der Waals surface area contributed by atoms with Crippen molar-refractivity contribution in [1.29, 1.82) is 0 Å². The van der Waals surface area contributed by atoms with Gasteiger partial charge in [0.15, 0.2) is 0 Å². The number of rotatable bonds is 6. The Balaban J connectivity index is 2.07. The van der Waals surface area contributed by atoms with E-state index in [0.717, 1.165) is 19.0 Å². The summed E-state index contributed by atoms with van der Waals surface area (Å²) in [4.78, 5) is 12.6. The van der Waals surface area contributed by atoms with Crippen LogP contribution < -0.4 is 5.73 Å². The smallest absolute Gasteiger partial charge is 0.320 e. The summed E-state index contributed by atoms with van der Waals surface area (Å²) in [5.74, 6) is -0.0666. The molecule has 0 aromatic heterocycles. The fourth-order valence-corrected chi connectivity index (χ4v) is 1.69. The van der Waals surface area contributed by atoms with Gasteiger partial charge in [-0.15, -0.1) is 0 Å². The average Bonchev–Trinajstić information content (AvgIpc) is 2.07. The van der Waals surface area contributed by atoms with Gasteiger partial charge in [-0.05, 0) is 38.8 Å². The lowest BCUT2D eigenvalue weighted by Gasteiger charge is -2.30. The third kappa shape index (κ3) is 3.64. The molecule has 0 amide bonds. The molecular formula is C10H20N2O2. The lowest BCUT2D eigenvalue weighted by Crippen LogP contribution is -2.36. The third-order valence-corrected chi connectivity index (χ3v) is 2.93. The van der Waals surface area contributed by atoms with Crippen molar-refractivity contribution in [1.82, 2.24) is 4.90 Å². The molecule has 1 unspecified atom stereocenters. The Labute approximate surface area is 85.1 Å². The van der Waals surface area contributed by atoms with E-state index in [1.54, 1.807) is 0 Å². The standard InChI is InChI=1S/C10H20N2O2/c1-12(7-8-3-2-4-8)6-5-9(11)10(13)14/h8-9H,2-7,11H2,1H3,(H,13,14). The summed E-state index contributed by atoms with van der Waals surface area (Å²) in [6, 6.07) is -0.709. The second-order valence-electron chi connectivity index (χ2n) is 4.29. The highest BCUT2D eigenvalue weighted by atomic mass is 16.4. The van der Waals surface area contributed by atoms with E-state index < -0.39 is 12.0 Å². The number of nitrogens with zero attached hydrogens (tertiary/aromatic N) is 1. The first kappa shape index (κ1) is 11.5. The Morgan fingerprint density at radius 3 is 2.71 bits per heavy atom. The zero-order valence-electron chi connectivity index (χ0n) is 8.78. The summed E-state index contributed by atoms with van der Waals surface area (Å²) in [7, 11) is 2.03. The Kier molecular flexibility index (Phi) is 4.35. The van der Waals surface area contributed by atoms with Crippen molar-refractivity contribution in [3.8, 4) is 0 Å². The Bertz CT molecular complexity index is 193. The molecule has 0 bridgehead atoms. The molecule has 4 nitrogen and oxygen atoms in total. The van der Waals surface area contributed by atoms with Crippen molar-refractivity contribution >= 4 is 5.97 Å². The van der Waals surface area contributed by atoms with Gasteiger partial charge in [0.05, 0.1) is 0 Å². The summed E-state index contributed by atoms with van der Waals surface area (Å²) in [6.07, 6.45) is 4.55. The fraction of sp³-hybridized carbons (Fsp3) is 0.900. The second kappa shape index (κ2) is 5.32. The zero-order valence-corrected chi connectivity index (χ0v) is 8.78. The van der Waals surface area contributed by atoms with Gasteiger partial charge in [0.25, 0.3) is 0 Å². The summed E-state index contributed by atoms with van der Waals surface area (Å²) >= 11 is 0. The van der Waals surface area contributed by atoms with Gasteiger partial charge < -0.3 is 15.7 Å². The van der Waals surface area contributed by atoms with E-state index >= 15 is 0 Å². The zero-order chi connectivity index (χ0) is 10.6. The molecule has 0 spiro atoms. The quantitative estimate of drug-likeness (QED) is 0.656. The number of carbonyl (C=O) groups is 1. The molecule has 1 atom stereocenters. The van der Waals surface area contributed by atoms with E-state index in [0.29, 0.717) is 6.42 Å². The van der Waals surface area contributed by atoms with E-state index in [1.165, 1.54) is 19.3 Å². The van der Waals surface area contributed by atoms with Crippen LogP contribution in [0.1, 0.15) is 25.7 Å². The predicted octanol–water partition coefficient (Wildman–Crippen LogP) is 0.520. The first-order valence-corrected chi connectivity index (χ1v) is 5.26. The molecule has 0 saturated heterocycles. The van der Waals surface area contributed by atoms with Crippen molar-refractivity contribution in [2.45, 2.75) is 31.7 Å². The maximum Gasteiger partial charge on any atom is 0.320 e. The van der Waals surface area contributed by atoms with Crippen LogP contribution in [0.3, 0.4) is 0 Å². The molecule has 1 aliphatic carbocycles. The monoisotopic (exact) mass is 200 g/mol. The molecular weight excluding hydrogens is 180 g/mol. The lowest BCUT2D eigenvalue weighted by molar-refractivity contribution is -0.138. The largest absolute Gasteiger partial charge is 0.480 e. The van der Waals surface area contributed by atoms with Crippen LogP contribution in [0.4, 0.5) is 0 Å². The molecule has 0 aliphatic heterocycles. The highest BCUT2D eigenvalue weighted by Gasteiger charge is 2.19. The van der Waals surface area contributed by atoms with E-state index in [1.807, 2.05) is 7.05 Å². The number of carboxylic acids is 1. The van der Waals surface area contributed by atoms with Crippen molar-refractivity contribution in [2.24, 2.45) is 11.7 Å². The van der Waals surface area contributed by atoms with Crippen LogP contribution in [0.2, 0.25) is 0 Å². The van der Waals surface area contributed by atoms with Gasteiger partial charge in [0.1, 0.15) is 6.04 Å². The molecule has 3 N–H and O–H groups in total. The number of hydrogen-bond donors (Lipinski definition) is 2. The molecule has 14 heavy (non-hydrogen) atoms. The molecule has 1 rings (SSSR count). The van der Waals surface area contributed by atoms with Crippen LogP contribution in [0, 0.1) is 5.92 Å². The van der Waals surface area contributed by atoms with Gasteiger partial charge in [0, 0.05) is 6.54 Å². The molecule has 1 aliphatic rings. The van der Waals surface area contributed by atoms with E-state index in [4.69, 9.17) is 10.8 Å². The summed E-state index contributed by atoms with van der Waals surface area (Å²) in [5, 5.41) is 8.59. The number of hydrogen-bond acceptors (Lipinski definition) is 3. The molecule has 4 heteroatoms. The average molecular weight is 200 g/mol. The Morgan fingerprint density at radius 1 is 1.64 bits per heavy atom. The normalized spacial score (nSPS) is 19.4. The summed E-state index contributed by atoms with van der Waals surface area (Å²) in [6.45, 7) is 1.87. The Morgan fingerprint density at radius 2 is 2.29 bits per heavy atom. The van der Waals surface area contributed by atoms with Crippen molar-refractivity contribution in [3.63, 3.8) is 0 Å². The van der Waals surface area contributed by atoms with Crippen molar-refractivity contribution < 1.29 is 9.90 Å². The van der Waals surface area contributed by atoms with E-state index in [9.17, 15) is 4.79 Å². The second-order valence-corrected chi connectivity index (χ2v) is 4.29. The molecule has 1 saturated carbocycles. The van der Waals surface area contributed by atoms with Crippen LogP contribution in [-0.4, -0.2) is 42.2 Å². The van der Waals surface area contributed by atoms with Gasteiger partial charge in [-0.2, -0.15) is 0 Å². The maximum absolute atomic E-state index is 10.5. The van der Waals surface area contributed by atoms with Crippen molar-refractivity contribution in [3.05, 3.63) is 0 Å². The van der Waals surface area contributed by atoms with E-state index in [-0.39, 0.29) is 0 Å². The van der Waals surface area contributed by atoms with Crippen LogP contribution in [0.25, 0.3) is 0 Å². The molecule has 1 fully saturated rings. The highest BCUT2D eigenvalue weighted by molar-refractivity contribution is 5.72. The Hall–Kier alpha value is -0.610. The first-order chi connectivity index (χ1) is 6.59. The minimum atomic E-state index is -0.901. The van der Waals surface area contributed by atoms with Gasteiger partial charge in [-0.1, -0.05) is 6.42 Å². The minimum Gasteiger partial charge on any atom is -0.480 e. The van der Waals surface area contributed by atoms with Crippen LogP contribution in [0.5, 0.6) is 0 Å². The van der Waals surface area contributed by atoms with Gasteiger partial charge in [-0.3, -0.25) is 4.79 Å². The van der Waals surface area contributed by atoms with Crippen LogP contribution in [-0.2, 0) is 4.79 Å². The van der Waals surface area contributed by atoms with Crippen molar-refractivity contribution in [2.75, 3.05) is 20.1 Å². The van der Waals surface area contributed by atoms with Gasteiger partial charge in [-0.25, -0.2) is 0 Å². The molecule has 0 aromatic rings. The maximum atomic E-state index is 10.5. The molecule has 82 valence electrons. The minimum absolute atomic E-state index is 0.540. The molecule has 0 radical (unpaired) electrons. The van der Waals surface area contributed by atoms with Gasteiger partial charge in [0.2, 0.25) is 0 Å². The third-order valence-electron chi connectivity index (χ3n) is 2.93. The summed E-state index contributed by atoms with van der Waals surface area (Å²) in [5.41, 5.74) is 5.42.